The summed E-state index contributed by atoms with van der Waals surface area (Å²) in [5.74, 6) is -0.401. The van der Waals surface area contributed by atoms with E-state index in [9.17, 15) is 13.2 Å². The Bertz CT molecular complexity index is 579. The number of allylic oxidation sites excluding steroid dienone is 1. The summed E-state index contributed by atoms with van der Waals surface area (Å²) < 4.78 is 24.7. The van der Waals surface area contributed by atoms with Crippen LogP contribution in [0.1, 0.15) is 26.3 Å². The third-order valence-electron chi connectivity index (χ3n) is 2.34. The summed E-state index contributed by atoms with van der Waals surface area (Å²) in [6.45, 7) is 6.47. The highest BCUT2D eigenvalue weighted by atomic mass is 32.2. The SMILES string of the molecule is CC(=O)NC(=C(C)C)S(=O)(=O)c1ccc(C)cc1. The van der Waals surface area contributed by atoms with Crippen LogP contribution in [0.5, 0.6) is 0 Å². The number of amides is 1. The zero-order valence-electron chi connectivity index (χ0n) is 10.9. The van der Waals surface area contributed by atoms with E-state index >= 15 is 0 Å². The highest BCUT2D eigenvalue weighted by Crippen LogP contribution is 2.20. The Morgan fingerprint density at radius 3 is 1.94 bits per heavy atom. The van der Waals surface area contributed by atoms with Crippen molar-refractivity contribution in [2.24, 2.45) is 0 Å². The van der Waals surface area contributed by atoms with Crippen LogP contribution in [-0.2, 0) is 14.6 Å². The van der Waals surface area contributed by atoms with Crippen molar-refractivity contribution in [3.05, 3.63) is 40.4 Å². The molecule has 1 amide bonds. The molecule has 0 atom stereocenters. The standard InChI is InChI=1S/C13H17NO3S/c1-9(2)13(14-11(4)15)18(16,17)12-7-5-10(3)6-8-12/h5-8H,1-4H3,(H,14,15). The molecule has 0 spiro atoms. The number of rotatable bonds is 3. The zero-order valence-corrected chi connectivity index (χ0v) is 11.8. The Balaban J connectivity index is 3.31. The van der Waals surface area contributed by atoms with Crippen molar-refractivity contribution < 1.29 is 13.2 Å². The van der Waals surface area contributed by atoms with Crippen LogP contribution < -0.4 is 5.32 Å². The van der Waals surface area contributed by atoms with Gasteiger partial charge in [0, 0.05) is 6.92 Å². The Labute approximate surface area is 108 Å². The van der Waals surface area contributed by atoms with E-state index in [2.05, 4.69) is 5.32 Å². The zero-order chi connectivity index (χ0) is 13.9. The second-order valence-corrected chi connectivity index (χ2v) is 6.21. The molecule has 5 heteroatoms. The Morgan fingerprint density at radius 1 is 1.06 bits per heavy atom. The highest BCUT2D eigenvalue weighted by molar-refractivity contribution is 7.95. The van der Waals surface area contributed by atoms with Crippen LogP contribution in [0.15, 0.2) is 39.8 Å². The van der Waals surface area contributed by atoms with Crippen LogP contribution in [-0.4, -0.2) is 14.3 Å². The number of carbonyl (C=O) groups excluding carboxylic acids is 1. The molecular formula is C13H17NO3S. The number of aryl methyl sites for hydroxylation is 1. The minimum Gasteiger partial charge on any atom is -0.317 e. The van der Waals surface area contributed by atoms with Crippen LogP contribution in [0.25, 0.3) is 0 Å². The largest absolute Gasteiger partial charge is 0.317 e. The fourth-order valence-electron chi connectivity index (χ4n) is 1.46. The second-order valence-electron chi connectivity index (χ2n) is 4.33. The van der Waals surface area contributed by atoms with Crippen molar-refractivity contribution in [2.45, 2.75) is 32.6 Å². The van der Waals surface area contributed by atoms with Gasteiger partial charge in [-0.05, 0) is 38.5 Å². The van der Waals surface area contributed by atoms with Gasteiger partial charge in [-0.3, -0.25) is 4.79 Å². The number of nitrogens with one attached hydrogen (secondary N) is 1. The predicted octanol–water partition coefficient (Wildman–Crippen LogP) is 2.16. The molecular weight excluding hydrogens is 250 g/mol. The first-order valence-electron chi connectivity index (χ1n) is 5.52. The molecule has 0 aliphatic carbocycles. The monoisotopic (exact) mass is 267 g/mol. The van der Waals surface area contributed by atoms with Gasteiger partial charge < -0.3 is 5.32 Å². The topological polar surface area (TPSA) is 63.2 Å². The lowest BCUT2D eigenvalue weighted by atomic mass is 10.2. The van der Waals surface area contributed by atoms with Gasteiger partial charge >= 0.3 is 0 Å². The van der Waals surface area contributed by atoms with Crippen molar-refractivity contribution in [1.82, 2.24) is 5.32 Å². The number of hydrogen-bond acceptors (Lipinski definition) is 3. The highest BCUT2D eigenvalue weighted by Gasteiger charge is 2.22. The molecule has 0 bridgehead atoms. The number of carbonyl (C=O) groups is 1. The van der Waals surface area contributed by atoms with E-state index in [0.717, 1.165) is 5.56 Å². The molecule has 0 saturated carbocycles. The van der Waals surface area contributed by atoms with Gasteiger partial charge in [0.15, 0.2) is 0 Å². The number of benzene rings is 1. The number of sulfone groups is 1. The van der Waals surface area contributed by atoms with Gasteiger partial charge in [-0.1, -0.05) is 17.7 Å². The van der Waals surface area contributed by atoms with Crippen molar-refractivity contribution in [2.75, 3.05) is 0 Å². The molecule has 0 heterocycles. The summed E-state index contributed by atoms with van der Waals surface area (Å²) in [6, 6.07) is 6.53. The summed E-state index contributed by atoms with van der Waals surface area (Å²) >= 11 is 0. The maximum atomic E-state index is 12.3. The molecule has 0 aliphatic heterocycles. The molecule has 1 rings (SSSR count). The third-order valence-corrected chi connectivity index (χ3v) is 4.28. The average molecular weight is 267 g/mol. The minimum atomic E-state index is -3.66. The maximum absolute atomic E-state index is 12.3. The molecule has 1 aromatic carbocycles. The van der Waals surface area contributed by atoms with Gasteiger partial charge in [-0.2, -0.15) is 0 Å². The van der Waals surface area contributed by atoms with Gasteiger partial charge in [0.1, 0.15) is 5.03 Å². The maximum Gasteiger partial charge on any atom is 0.221 e. The van der Waals surface area contributed by atoms with Gasteiger partial charge in [0.25, 0.3) is 0 Å². The summed E-state index contributed by atoms with van der Waals surface area (Å²) in [5.41, 5.74) is 1.53. The summed E-state index contributed by atoms with van der Waals surface area (Å²) in [6.07, 6.45) is 0. The molecule has 0 radical (unpaired) electrons. The van der Waals surface area contributed by atoms with E-state index in [-0.39, 0.29) is 9.92 Å². The smallest absolute Gasteiger partial charge is 0.221 e. The normalized spacial score (nSPS) is 10.9. The van der Waals surface area contributed by atoms with Crippen LogP contribution in [0.4, 0.5) is 0 Å². The predicted molar refractivity (Wildman–Crippen MR) is 70.6 cm³/mol. The van der Waals surface area contributed by atoms with E-state index < -0.39 is 15.7 Å². The molecule has 1 aromatic rings. The minimum absolute atomic E-state index is 0.0427. The van der Waals surface area contributed by atoms with E-state index in [1.54, 1.807) is 26.0 Å². The molecule has 18 heavy (non-hydrogen) atoms. The van der Waals surface area contributed by atoms with E-state index in [1.807, 2.05) is 6.92 Å². The van der Waals surface area contributed by atoms with Crippen LogP contribution in [0.3, 0.4) is 0 Å². The fourth-order valence-corrected chi connectivity index (χ4v) is 3.00. The Morgan fingerprint density at radius 2 is 1.56 bits per heavy atom. The lowest BCUT2D eigenvalue weighted by molar-refractivity contribution is -0.118. The molecule has 0 aliphatic rings. The van der Waals surface area contributed by atoms with E-state index in [0.29, 0.717) is 5.57 Å². The summed E-state index contributed by atoms with van der Waals surface area (Å²) in [4.78, 5) is 11.3. The van der Waals surface area contributed by atoms with Crippen LogP contribution in [0.2, 0.25) is 0 Å². The van der Waals surface area contributed by atoms with Crippen LogP contribution >= 0.6 is 0 Å². The third kappa shape index (κ3) is 3.20. The van der Waals surface area contributed by atoms with E-state index in [4.69, 9.17) is 0 Å². The quantitative estimate of drug-likeness (QED) is 0.912. The molecule has 0 unspecified atom stereocenters. The Hall–Kier alpha value is -1.62. The van der Waals surface area contributed by atoms with Crippen LogP contribution in [0, 0.1) is 6.92 Å². The lowest BCUT2D eigenvalue weighted by Crippen LogP contribution is -2.26. The molecule has 0 aromatic heterocycles. The molecule has 0 fully saturated rings. The second kappa shape index (κ2) is 5.35. The first-order valence-corrected chi connectivity index (χ1v) is 7.00. The lowest BCUT2D eigenvalue weighted by Gasteiger charge is -2.11. The van der Waals surface area contributed by atoms with E-state index in [1.165, 1.54) is 19.1 Å². The van der Waals surface area contributed by atoms with Crippen molar-refractivity contribution in [3.8, 4) is 0 Å². The van der Waals surface area contributed by atoms with Gasteiger partial charge in [0.2, 0.25) is 15.7 Å². The van der Waals surface area contributed by atoms with Gasteiger partial charge in [-0.25, -0.2) is 8.42 Å². The molecule has 0 saturated heterocycles. The first-order chi connectivity index (χ1) is 8.25. The van der Waals surface area contributed by atoms with Crippen molar-refractivity contribution >= 4 is 15.7 Å². The van der Waals surface area contributed by atoms with Crippen molar-refractivity contribution in [3.63, 3.8) is 0 Å². The molecule has 98 valence electrons. The molecule has 4 nitrogen and oxygen atoms in total. The van der Waals surface area contributed by atoms with Gasteiger partial charge in [-0.15, -0.1) is 0 Å². The van der Waals surface area contributed by atoms with Gasteiger partial charge in [0.05, 0.1) is 4.90 Å². The number of hydrogen-bond donors (Lipinski definition) is 1. The summed E-state index contributed by atoms with van der Waals surface area (Å²) in [7, 11) is -3.66. The Kier molecular flexibility index (Phi) is 4.29. The first kappa shape index (κ1) is 14.4. The summed E-state index contributed by atoms with van der Waals surface area (Å²) in [5, 5.41) is 2.34. The average Bonchev–Trinajstić information content (AvgIpc) is 2.25. The fraction of sp³-hybridized carbons (Fsp3) is 0.308. The molecule has 1 N–H and O–H groups in total. The van der Waals surface area contributed by atoms with Crippen molar-refractivity contribution in [1.29, 1.82) is 0 Å².